The number of nitriles is 1. The SMILES string of the molecule is CC(C)n1cnc2c(Nc3cc(Br)cc(C#N)c3)nc(NCC3(NCc4ccccc4)COC3)nc21. The summed E-state index contributed by atoms with van der Waals surface area (Å²) < 4.78 is 8.38. The van der Waals surface area contributed by atoms with Crippen LogP contribution in [0.15, 0.2) is 59.3 Å². The molecule has 3 N–H and O–H groups in total. The first kappa shape index (κ1) is 24.2. The Bertz CT molecular complexity index is 1410. The fraction of sp³-hybridized carbons (Fsp3) is 0.308. The first-order valence-corrected chi connectivity index (χ1v) is 12.6. The number of ether oxygens (including phenoxy) is 1. The molecule has 1 saturated heterocycles. The monoisotopic (exact) mass is 546 g/mol. The first-order chi connectivity index (χ1) is 17.4. The Morgan fingerprint density at radius 2 is 1.97 bits per heavy atom. The largest absolute Gasteiger partial charge is 0.377 e. The molecule has 36 heavy (non-hydrogen) atoms. The summed E-state index contributed by atoms with van der Waals surface area (Å²) in [6.45, 7) is 6.76. The molecule has 2 aromatic heterocycles. The zero-order valence-corrected chi connectivity index (χ0v) is 21.7. The maximum absolute atomic E-state index is 9.36. The van der Waals surface area contributed by atoms with E-state index >= 15 is 0 Å². The fourth-order valence-electron chi connectivity index (χ4n) is 4.07. The second-order valence-electron chi connectivity index (χ2n) is 9.24. The van der Waals surface area contributed by atoms with Crippen LogP contribution in [-0.4, -0.2) is 44.8 Å². The summed E-state index contributed by atoms with van der Waals surface area (Å²) in [5, 5.41) is 19.8. The molecule has 2 aromatic carbocycles. The summed E-state index contributed by atoms with van der Waals surface area (Å²) in [6, 6.07) is 18.1. The number of benzene rings is 2. The van der Waals surface area contributed by atoms with Crippen molar-refractivity contribution in [1.29, 1.82) is 5.26 Å². The van der Waals surface area contributed by atoms with E-state index in [1.54, 1.807) is 18.5 Å². The van der Waals surface area contributed by atoms with Gasteiger partial charge in [0.1, 0.15) is 0 Å². The molecule has 1 aliphatic rings. The Morgan fingerprint density at radius 3 is 2.67 bits per heavy atom. The number of nitrogens with one attached hydrogen (secondary N) is 3. The van der Waals surface area contributed by atoms with Crippen LogP contribution in [0, 0.1) is 11.3 Å². The zero-order chi connectivity index (χ0) is 25.1. The van der Waals surface area contributed by atoms with E-state index in [1.165, 1.54) is 5.56 Å². The fourth-order valence-corrected chi connectivity index (χ4v) is 4.57. The third kappa shape index (κ3) is 5.18. The molecule has 0 atom stereocenters. The average molecular weight is 547 g/mol. The van der Waals surface area contributed by atoms with Gasteiger partial charge in [0.2, 0.25) is 5.95 Å². The van der Waals surface area contributed by atoms with Crippen LogP contribution < -0.4 is 16.0 Å². The molecule has 1 aliphatic heterocycles. The van der Waals surface area contributed by atoms with Gasteiger partial charge < -0.3 is 25.3 Å². The number of imidazole rings is 1. The number of hydrogen-bond acceptors (Lipinski definition) is 8. The van der Waals surface area contributed by atoms with Crippen LogP contribution in [0.25, 0.3) is 11.2 Å². The van der Waals surface area contributed by atoms with Crippen molar-refractivity contribution >= 4 is 44.5 Å². The van der Waals surface area contributed by atoms with E-state index in [9.17, 15) is 5.26 Å². The Hall–Kier alpha value is -3.52. The van der Waals surface area contributed by atoms with Gasteiger partial charge in [-0.15, -0.1) is 0 Å². The van der Waals surface area contributed by atoms with Crippen LogP contribution in [0.5, 0.6) is 0 Å². The molecular formula is C26H27BrN8O. The normalized spacial score (nSPS) is 14.4. The van der Waals surface area contributed by atoms with Gasteiger partial charge in [-0.3, -0.25) is 0 Å². The minimum Gasteiger partial charge on any atom is -0.377 e. The lowest BCUT2D eigenvalue weighted by Crippen LogP contribution is -2.64. The van der Waals surface area contributed by atoms with Crippen LogP contribution >= 0.6 is 15.9 Å². The molecule has 0 radical (unpaired) electrons. The number of anilines is 3. The predicted octanol–water partition coefficient (Wildman–Crippen LogP) is 4.76. The molecule has 0 amide bonds. The highest BCUT2D eigenvalue weighted by molar-refractivity contribution is 9.10. The van der Waals surface area contributed by atoms with Crippen molar-refractivity contribution in [3.8, 4) is 6.07 Å². The molecular weight excluding hydrogens is 520 g/mol. The third-order valence-corrected chi connectivity index (χ3v) is 6.58. The topological polar surface area (TPSA) is 113 Å². The Labute approximate surface area is 218 Å². The number of hydrogen-bond donors (Lipinski definition) is 3. The van der Waals surface area contributed by atoms with Crippen molar-refractivity contribution in [3.05, 3.63) is 70.5 Å². The summed E-state index contributed by atoms with van der Waals surface area (Å²) in [6.07, 6.45) is 1.78. The lowest BCUT2D eigenvalue weighted by atomic mass is 9.97. The van der Waals surface area contributed by atoms with Crippen LogP contribution in [-0.2, 0) is 11.3 Å². The Morgan fingerprint density at radius 1 is 1.17 bits per heavy atom. The lowest BCUT2D eigenvalue weighted by Gasteiger charge is -2.42. The van der Waals surface area contributed by atoms with E-state index in [1.807, 2.05) is 28.8 Å². The average Bonchev–Trinajstić information content (AvgIpc) is 3.28. The number of nitrogens with zero attached hydrogens (tertiary/aromatic N) is 5. The van der Waals surface area contributed by atoms with Gasteiger partial charge in [0, 0.05) is 29.3 Å². The van der Waals surface area contributed by atoms with E-state index in [0.29, 0.717) is 42.6 Å². The van der Waals surface area contributed by atoms with E-state index in [0.717, 1.165) is 22.4 Å². The van der Waals surface area contributed by atoms with Gasteiger partial charge in [0.25, 0.3) is 0 Å². The molecule has 9 nitrogen and oxygen atoms in total. The van der Waals surface area contributed by atoms with Crippen molar-refractivity contribution in [2.45, 2.75) is 32.0 Å². The van der Waals surface area contributed by atoms with Gasteiger partial charge >= 0.3 is 0 Å². The van der Waals surface area contributed by atoms with Crippen molar-refractivity contribution in [3.63, 3.8) is 0 Å². The lowest BCUT2D eigenvalue weighted by molar-refractivity contribution is -0.0679. The number of halogens is 1. The summed E-state index contributed by atoms with van der Waals surface area (Å²) in [4.78, 5) is 14.1. The van der Waals surface area contributed by atoms with E-state index in [-0.39, 0.29) is 11.6 Å². The maximum atomic E-state index is 9.36. The Kier molecular flexibility index (Phi) is 6.87. The highest BCUT2D eigenvalue weighted by Crippen LogP contribution is 2.28. The molecule has 0 unspecified atom stereocenters. The van der Waals surface area contributed by atoms with Gasteiger partial charge in [-0.1, -0.05) is 46.3 Å². The van der Waals surface area contributed by atoms with Crippen LogP contribution in [0.4, 0.5) is 17.5 Å². The molecule has 0 spiro atoms. The van der Waals surface area contributed by atoms with Crippen molar-refractivity contribution in [1.82, 2.24) is 24.8 Å². The van der Waals surface area contributed by atoms with E-state index in [4.69, 9.17) is 14.7 Å². The molecule has 0 bridgehead atoms. The highest BCUT2D eigenvalue weighted by Gasteiger charge is 2.38. The second-order valence-corrected chi connectivity index (χ2v) is 10.2. The summed E-state index contributed by atoms with van der Waals surface area (Å²) in [7, 11) is 0. The zero-order valence-electron chi connectivity index (χ0n) is 20.1. The van der Waals surface area contributed by atoms with Crippen LogP contribution in [0.3, 0.4) is 0 Å². The quantitative estimate of drug-likeness (QED) is 0.275. The standard InChI is InChI=1S/C26H27BrN8O/c1-17(2)35-16-30-22-23(32-21-9-19(11-28)8-20(27)10-21)33-25(34-24(22)35)29-13-26(14-36-15-26)31-12-18-6-4-3-5-7-18/h3-10,16-17,31H,12-15H2,1-2H3,(H2,29,32,33,34). The molecule has 0 aliphatic carbocycles. The van der Waals surface area contributed by atoms with Crippen molar-refractivity contribution < 1.29 is 4.74 Å². The molecule has 1 fully saturated rings. The molecule has 4 aromatic rings. The van der Waals surface area contributed by atoms with Gasteiger partial charge in [-0.2, -0.15) is 15.2 Å². The minimum atomic E-state index is -0.202. The van der Waals surface area contributed by atoms with Gasteiger partial charge in [0.05, 0.1) is 36.7 Å². The highest BCUT2D eigenvalue weighted by atomic mass is 79.9. The van der Waals surface area contributed by atoms with Crippen LogP contribution in [0.1, 0.15) is 31.0 Å². The molecule has 10 heteroatoms. The predicted molar refractivity (Wildman–Crippen MR) is 143 cm³/mol. The first-order valence-electron chi connectivity index (χ1n) is 11.8. The van der Waals surface area contributed by atoms with Gasteiger partial charge in [-0.05, 0) is 37.6 Å². The number of aromatic nitrogens is 4. The smallest absolute Gasteiger partial charge is 0.226 e. The molecule has 5 rings (SSSR count). The number of fused-ring (bicyclic) bond motifs is 1. The van der Waals surface area contributed by atoms with Gasteiger partial charge in [0.15, 0.2) is 17.0 Å². The second kappa shape index (κ2) is 10.2. The third-order valence-electron chi connectivity index (χ3n) is 6.12. The molecule has 184 valence electrons. The molecule has 3 heterocycles. The van der Waals surface area contributed by atoms with Crippen molar-refractivity contribution in [2.75, 3.05) is 30.4 Å². The summed E-state index contributed by atoms with van der Waals surface area (Å²) >= 11 is 3.47. The van der Waals surface area contributed by atoms with E-state index in [2.05, 4.69) is 68.9 Å². The van der Waals surface area contributed by atoms with E-state index < -0.39 is 0 Å². The summed E-state index contributed by atoms with van der Waals surface area (Å²) in [5.41, 5.74) is 3.69. The van der Waals surface area contributed by atoms with Crippen molar-refractivity contribution in [2.24, 2.45) is 0 Å². The summed E-state index contributed by atoms with van der Waals surface area (Å²) in [5.74, 6) is 1.07. The van der Waals surface area contributed by atoms with Gasteiger partial charge in [-0.25, -0.2) is 4.98 Å². The maximum Gasteiger partial charge on any atom is 0.226 e. The van der Waals surface area contributed by atoms with Crippen LogP contribution in [0.2, 0.25) is 0 Å². The minimum absolute atomic E-state index is 0.181. The number of rotatable bonds is 9. The Balaban J connectivity index is 1.41. The molecule has 0 saturated carbocycles.